The normalized spacial score (nSPS) is 25.9. The first-order valence-electron chi connectivity index (χ1n) is 9.00. The van der Waals surface area contributed by atoms with Crippen LogP contribution in [0.2, 0.25) is 0 Å². The maximum absolute atomic E-state index is 12.8. The second-order valence-electron chi connectivity index (χ2n) is 7.61. The number of anilines is 1. The van der Waals surface area contributed by atoms with Crippen molar-refractivity contribution in [1.82, 2.24) is 4.90 Å². The van der Waals surface area contributed by atoms with Gasteiger partial charge in [-0.15, -0.1) is 0 Å². The molecule has 3 atom stereocenters. The number of imide groups is 1. The monoisotopic (exact) mass is 342 g/mol. The number of aryl methyl sites for hydroxylation is 2. The van der Waals surface area contributed by atoms with Crippen LogP contribution in [0.1, 0.15) is 44.2 Å². The molecule has 3 rings (SSSR count). The summed E-state index contributed by atoms with van der Waals surface area (Å²) in [7, 11) is 0. The third kappa shape index (κ3) is 3.20. The molecule has 1 aliphatic heterocycles. The Morgan fingerprint density at radius 2 is 1.84 bits per heavy atom. The summed E-state index contributed by atoms with van der Waals surface area (Å²) in [5, 5.41) is 0. The fourth-order valence-corrected chi connectivity index (χ4v) is 4.09. The zero-order chi connectivity index (χ0) is 18.3. The lowest BCUT2D eigenvalue weighted by Crippen LogP contribution is -2.44. The number of amides is 3. The molecule has 5 nitrogen and oxygen atoms in total. The van der Waals surface area contributed by atoms with Crippen molar-refractivity contribution >= 4 is 23.4 Å². The van der Waals surface area contributed by atoms with Crippen LogP contribution < -0.4 is 4.90 Å². The molecule has 0 radical (unpaired) electrons. The van der Waals surface area contributed by atoms with Crippen molar-refractivity contribution in [2.24, 2.45) is 17.8 Å². The molecule has 1 heterocycles. The van der Waals surface area contributed by atoms with Gasteiger partial charge >= 0.3 is 0 Å². The summed E-state index contributed by atoms with van der Waals surface area (Å²) >= 11 is 0. The van der Waals surface area contributed by atoms with Gasteiger partial charge in [0.25, 0.3) is 0 Å². The van der Waals surface area contributed by atoms with Crippen LogP contribution in [0.25, 0.3) is 0 Å². The quantitative estimate of drug-likeness (QED) is 0.793. The highest BCUT2D eigenvalue weighted by Crippen LogP contribution is 2.40. The van der Waals surface area contributed by atoms with Crippen LogP contribution in [0, 0.1) is 31.6 Å². The molecule has 0 N–H and O–H groups in total. The Morgan fingerprint density at radius 3 is 2.52 bits per heavy atom. The Hall–Kier alpha value is -2.17. The van der Waals surface area contributed by atoms with Gasteiger partial charge < -0.3 is 0 Å². The van der Waals surface area contributed by atoms with E-state index < -0.39 is 0 Å². The van der Waals surface area contributed by atoms with Gasteiger partial charge in [-0.3, -0.25) is 24.2 Å². The van der Waals surface area contributed by atoms with Crippen molar-refractivity contribution < 1.29 is 14.4 Å². The largest absolute Gasteiger partial charge is 0.294 e. The molecule has 1 aliphatic carbocycles. The molecular formula is C20H26N2O3. The lowest BCUT2D eigenvalue weighted by atomic mass is 9.76. The van der Waals surface area contributed by atoms with Gasteiger partial charge in [0.05, 0.1) is 11.8 Å². The molecular weight excluding hydrogens is 316 g/mol. The predicted octanol–water partition coefficient (Wildman–Crippen LogP) is 3.04. The molecule has 2 fully saturated rings. The number of likely N-dealkylation sites (tertiary alicyclic amines) is 1. The predicted molar refractivity (Wildman–Crippen MR) is 95.8 cm³/mol. The molecule has 2 aliphatic rings. The lowest BCUT2D eigenvalue weighted by Gasteiger charge is -2.28. The summed E-state index contributed by atoms with van der Waals surface area (Å²) in [5.41, 5.74) is 2.75. The van der Waals surface area contributed by atoms with Crippen LogP contribution in [-0.2, 0) is 14.4 Å². The summed E-state index contributed by atoms with van der Waals surface area (Å²) in [6.45, 7) is 7.51. The van der Waals surface area contributed by atoms with E-state index >= 15 is 0 Å². The average molecular weight is 342 g/mol. The van der Waals surface area contributed by atoms with Gasteiger partial charge in [0, 0.05) is 12.6 Å². The Balaban J connectivity index is 1.88. The zero-order valence-corrected chi connectivity index (χ0v) is 15.4. The van der Waals surface area contributed by atoms with E-state index in [9.17, 15) is 14.4 Å². The smallest absolute Gasteiger partial charge is 0.234 e. The van der Waals surface area contributed by atoms with Crippen LogP contribution in [-0.4, -0.2) is 29.3 Å². The summed E-state index contributed by atoms with van der Waals surface area (Å²) in [5.74, 6) is -0.324. The van der Waals surface area contributed by atoms with Crippen molar-refractivity contribution in [3.63, 3.8) is 0 Å². The topological polar surface area (TPSA) is 57.7 Å². The van der Waals surface area contributed by atoms with Crippen LogP contribution in [0.3, 0.4) is 0 Å². The molecule has 25 heavy (non-hydrogen) atoms. The number of hydrogen-bond acceptors (Lipinski definition) is 3. The highest BCUT2D eigenvalue weighted by molar-refractivity contribution is 6.06. The van der Waals surface area contributed by atoms with E-state index in [1.807, 2.05) is 32.0 Å². The molecule has 1 saturated heterocycles. The van der Waals surface area contributed by atoms with Gasteiger partial charge in [0.2, 0.25) is 17.7 Å². The fraction of sp³-hybridized carbons (Fsp3) is 0.550. The first-order chi connectivity index (χ1) is 11.8. The van der Waals surface area contributed by atoms with Gasteiger partial charge in [-0.25, -0.2) is 0 Å². The van der Waals surface area contributed by atoms with Crippen molar-refractivity contribution in [3.05, 3.63) is 29.3 Å². The molecule has 0 spiro atoms. The Labute approximate surface area is 149 Å². The number of benzene rings is 1. The summed E-state index contributed by atoms with van der Waals surface area (Å²) in [6.07, 6.45) is 2.53. The SMILES string of the molecule is CC(=O)N(CN1C(=O)[C@H]2CC[C@H](C)C[C@@H]2C1=O)c1cc(C)ccc1C. The first kappa shape index (κ1) is 17.6. The maximum Gasteiger partial charge on any atom is 0.234 e. The minimum absolute atomic E-state index is 0.0126. The molecule has 1 aromatic carbocycles. The second-order valence-corrected chi connectivity index (χ2v) is 7.61. The fourth-order valence-electron chi connectivity index (χ4n) is 4.09. The minimum Gasteiger partial charge on any atom is -0.294 e. The Bertz CT molecular complexity index is 728. The molecule has 0 bridgehead atoms. The second kappa shape index (κ2) is 6.62. The maximum atomic E-state index is 12.8. The van der Waals surface area contributed by atoms with Gasteiger partial charge in [0.1, 0.15) is 6.67 Å². The van der Waals surface area contributed by atoms with Crippen molar-refractivity contribution in [1.29, 1.82) is 0 Å². The van der Waals surface area contributed by atoms with Crippen molar-refractivity contribution in [2.45, 2.75) is 47.0 Å². The van der Waals surface area contributed by atoms with Crippen LogP contribution >= 0.6 is 0 Å². The van der Waals surface area contributed by atoms with E-state index in [2.05, 4.69) is 6.92 Å². The van der Waals surface area contributed by atoms with Gasteiger partial charge in [-0.05, 0) is 56.2 Å². The van der Waals surface area contributed by atoms with Crippen LogP contribution in [0.4, 0.5) is 5.69 Å². The van der Waals surface area contributed by atoms with E-state index in [-0.39, 0.29) is 36.2 Å². The first-order valence-corrected chi connectivity index (χ1v) is 9.00. The van der Waals surface area contributed by atoms with E-state index in [0.717, 1.165) is 36.1 Å². The number of hydrogen-bond donors (Lipinski definition) is 0. The van der Waals surface area contributed by atoms with E-state index in [0.29, 0.717) is 5.92 Å². The molecule has 5 heteroatoms. The Kier molecular flexibility index (Phi) is 4.67. The average Bonchev–Trinajstić information content (AvgIpc) is 2.78. The molecule has 1 aromatic rings. The number of rotatable bonds is 3. The van der Waals surface area contributed by atoms with E-state index in [1.54, 1.807) is 4.90 Å². The number of fused-ring (bicyclic) bond motifs is 1. The van der Waals surface area contributed by atoms with Gasteiger partial charge in [0.15, 0.2) is 0 Å². The highest BCUT2D eigenvalue weighted by Gasteiger charge is 2.49. The van der Waals surface area contributed by atoms with Gasteiger partial charge in [-0.2, -0.15) is 0 Å². The highest BCUT2D eigenvalue weighted by atomic mass is 16.2. The minimum atomic E-state index is -0.205. The third-order valence-electron chi connectivity index (χ3n) is 5.60. The molecule has 3 amide bonds. The molecule has 0 aromatic heterocycles. The summed E-state index contributed by atoms with van der Waals surface area (Å²) in [6, 6.07) is 5.87. The van der Waals surface area contributed by atoms with Crippen LogP contribution in [0.15, 0.2) is 18.2 Å². The summed E-state index contributed by atoms with van der Waals surface area (Å²) < 4.78 is 0. The van der Waals surface area contributed by atoms with Gasteiger partial charge in [-0.1, -0.05) is 19.1 Å². The van der Waals surface area contributed by atoms with Crippen molar-refractivity contribution in [3.8, 4) is 0 Å². The standard InChI is InChI=1S/C20H26N2O3/c1-12-6-8-16-17(9-12)20(25)22(19(16)24)11-21(15(4)23)18-10-13(2)5-7-14(18)3/h5,7,10,12,16-17H,6,8-9,11H2,1-4H3/t12-,16-,17-/m0/s1. The zero-order valence-electron chi connectivity index (χ0n) is 15.4. The lowest BCUT2D eigenvalue weighted by molar-refractivity contribution is -0.140. The van der Waals surface area contributed by atoms with E-state index in [4.69, 9.17) is 0 Å². The van der Waals surface area contributed by atoms with E-state index in [1.165, 1.54) is 11.8 Å². The molecule has 1 saturated carbocycles. The third-order valence-corrected chi connectivity index (χ3v) is 5.60. The Morgan fingerprint density at radius 1 is 1.16 bits per heavy atom. The number of nitrogens with zero attached hydrogens (tertiary/aromatic N) is 2. The molecule has 134 valence electrons. The van der Waals surface area contributed by atoms with Crippen molar-refractivity contribution in [2.75, 3.05) is 11.6 Å². The molecule has 0 unspecified atom stereocenters. The number of carbonyl (C=O) groups is 3. The summed E-state index contributed by atoms with van der Waals surface area (Å²) in [4.78, 5) is 40.7. The van der Waals surface area contributed by atoms with Crippen LogP contribution in [0.5, 0.6) is 0 Å². The number of carbonyl (C=O) groups excluding carboxylic acids is 3.